The largest absolute Gasteiger partial charge is 0.396 e. The van der Waals surface area contributed by atoms with Crippen LogP contribution < -0.4 is 0 Å². The van der Waals surface area contributed by atoms with E-state index in [1.165, 1.54) is 0 Å². The smallest absolute Gasteiger partial charge is 0.133 e. The van der Waals surface area contributed by atoms with Gasteiger partial charge in [0.25, 0.3) is 0 Å². The molecule has 1 N–H and O–H groups in total. The normalized spacial score (nSPS) is 20.7. The SMILES string of the molecule is CC(=O)C(CCO)CC1CCOCC1. The van der Waals surface area contributed by atoms with E-state index in [-0.39, 0.29) is 18.3 Å². The fourth-order valence-corrected chi connectivity index (χ4v) is 2.03. The number of aliphatic hydroxyl groups excluding tert-OH is 1. The summed E-state index contributed by atoms with van der Waals surface area (Å²) in [5, 5.41) is 8.84. The standard InChI is InChI=1S/C11H20O3/c1-9(13)11(2-5-12)8-10-3-6-14-7-4-10/h10-12H,2-8H2,1H3. The Morgan fingerprint density at radius 1 is 1.50 bits per heavy atom. The van der Waals surface area contributed by atoms with Crippen molar-refractivity contribution in [3.63, 3.8) is 0 Å². The number of aliphatic hydroxyl groups is 1. The molecule has 3 nitrogen and oxygen atoms in total. The number of carbonyl (C=O) groups excluding carboxylic acids is 1. The third-order valence-corrected chi connectivity index (χ3v) is 3.01. The van der Waals surface area contributed by atoms with Gasteiger partial charge in [0.15, 0.2) is 0 Å². The van der Waals surface area contributed by atoms with Crippen LogP contribution in [0.25, 0.3) is 0 Å². The average Bonchev–Trinajstić information content (AvgIpc) is 2.18. The van der Waals surface area contributed by atoms with Crippen LogP contribution in [-0.4, -0.2) is 30.7 Å². The summed E-state index contributed by atoms with van der Waals surface area (Å²) < 4.78 is 5.27. The van der Waals surface area contributed by atoms with Gasteiger partial charge in [-0.05, 0) is 38.5 Å². The second-order valence-electron chi connectivity index (χ2n) is 4.11. The minimum absolute atomic E-state index is 0.0584. The minimum Gasteiger partial charge on any atom is -0.396 e. The molecule has 0 radical (unpaired) electrons. The first-order valence-corrected chi connectivity index (χ1v) is 5.43. The maximum atomic E-state index is 11.3. The topological polar surface area (TPSA) is 46.5 Å². The summed E-state index contributed by atoms with van der Waals surface area (Å²) in [7, 11) is 0. The molecule has 0 aromatic heterocycles. The van der Waals surface area contributed by atoms with Gasteiger partial charge in [0, 0.05) is 25.7 Å². The molecule has 0 aliphatic carbocycles. The maximum absolute atomic E-state index is 11.3. The molecular weight excluding hydrogens is 180 g/mol. The summed E-state index contributed by atoms with van der Waals surface area (Å²) in [5.41, 5.74) is 0. The molecule has 14 heavy (non-hydrogen) atoms. The highest BCUT2D eigenvalue weighted by Gasteiger charge is 2.21. The predicted octanol–water partition coefficient (Wildman–Crippen LogP) is 1.39. The lowest BCUT2D eigenvalue weighted by atomic mass is 9.85. The fraction of sp³-hybridized carbons (Fsp3) is 0.909. The molecule has 1 aliphatic rings. The number of ketones is 1. The van der Waals surface area contributed by atoms with Gasteiger partial charge in [-0.1, -0.05) is 0 Å². The lowest BCUT2D eigenvalue weighted by Crippen LogP contribution is -2.22. The van der Waals surface area contributed by atoms with Crippen molar-refractivity contribution < 1.29 is 14.6 Å². The van der Waals surface area contributed by atoms with E-state index in [2.05, 4.69) is 0 Å². The zero-order chi connectivity index (χ0) is 10.4. The van der Waals surface area contributed by atoms with Crippen LogP contribution in [0.5, 0.6) is 0 Å². The second-order valence-corrected chi connectivity index (χ2v) is 4.11. The quantitative estimate of drug-likeness (QED) is 0.729. The molecule has 1 unspecified atom stereocenters. The molecule has 0 spiro atoms. The van der Waals surface area contributed by atoms with Gasteiger partial charge >= 0.3 is 0 Å². The lowest BCUT2D eigenvalue weighted by molar-refractivity contribution is -0.122. The third-order valence-electron chi connectivity index (χ3n) is 3.01. The Morgan fingerprint density at radius 2 is 2.14 bits per heavy atom. The molecular formula is C11H20O3. The van der Waals surface area contributed by atoms with Crippen molar-refractivity contribution in [1.29, 1.82) is 0 Å². The van der Waals surface area contributed by atoms with Crippen molar-refractivity contribution in [3.05, 3.63) is 0 Å². The van der Waals surface area contributed by atoms with Gasteiger partial charge in [-0.2, -0.15) is 0 Å². The zero-order valence-electron chi connectivity index (χ0n) is 8.87. The number of carbonyl (C=O) groups is 1. The van der Waals surface area contributed by atoms with Gasteiger partial charge in [-0.15, -0.1) is 0 Å². The average molecular weight is 200 g/mol. The van der Waals surface area contributed by atoms with Crippen LogP contribution >= 0.6 is 0 Å². The molecule has 82 valence electrons. The minimum atomic E-state index is 0.0584. The molecule has 3 heteroatoms. The molecule has 1 heterocycles. The van der Waals surface area contributed by atoms with Gasteiger partial charge in [-0.25, -0.2) is 0 Å². The van der Waals surface area contributed by atoms with E-state index in [0.717, 1.165) is 32.5 Å². The molecule has 1 fully saturated rings. The van der Waals surface area contributed by atoms with Crippen LogP contribution in [0.15, 0.2) is 0 Å². The van der Waals surface area contributed by atoms with E-state index in [1.807, 2.05) is 0 Å². The van der Waals surface area contributed by atoms with Crippen molar-refractivity contribution in [2.75, 3.05) is 19.8 Å². The fourth-order valence-electron chi connectivity index (χ4n) is 2.03. The monoisotopic (exact) mass is 200 g/mol. The first kappa shape index (κ1) is 11.7. The molecule has 1 rings (SSSR count). The highest BCUT2D eigenvalue weighted by Crippen LogP contribution is 2.24. The highest BCUT2D eigenvalue weighted by atomic mass is 16.5. The molecule has 0 aromatic carbocycles. The summed E-state index contributed by atoms with van der Waals surface area (Å²) in [6.07, 6.45) is 3.68. The third kappa shape index (κ3) is 3.76. The Balaban J connectivity index is 2.33. The van der Waals surface area contributed by atoms with Crippen LogP contribution in [0.4, 0.5) is 0 Å². The van der Waals surface area contributed by atoms with Crippen LogP contribution in [0, 0.1) is 11.8 Å². The Labute approximate surface area is 85.5 Å². The van der Waals surface area contributed by atoms with Crippen molar-refractivity contribution in [3.8, 4) is 0 Å². The Bertz CT molecular complexity index is 173. The molecule has 0 bridgehead atoms. The molecule has 0 aromatic rings. The van der Waals surface area contributed by atoms with E-state index < -0.39 is 0 Å². The maximum Gasteiger partial charge on any atom is 0.133 e. The molecule has 1 atom stereocenters. The van der Waals surface area contributed by atoms with Crippen molar-refractivity contribution in [2.24, 2.45) is 11.8 Å². The second kappa shape index (κ2) is 6.14. The van der Waals surface area contributed by atoms with Crippen LogP contribution in [-0.2, 0) is 9.53 Å². The first-order chi connectivity index (χ1) is 6.74. The van der Waals surface area contributed by atoms with Crippen molar-refractivity contribution >= 4 is 5.78 Å². The van der Waals surface area contributed by atoms with Gasteiger partial charge < -0.3 is 9.84 Å². The van der Waals surface area contributed by atoms with Crippen molar-refractivity contribution in [1.82, 2.24) is 0 Å². The Kier molecular flexibility index (Phi) is 5.12. The van der Waals surface area contributed by atoms with Gasteiger partial charge in [0.2, 0.25) is 0 Å². The highest BCUT2D eigenvalue weighted by molar-refractivity contribution is 5.78. The molecule has 1 saturated heterocycles. The summed E-state index contributed by atoms with van der Waals surface area (Å²) in [6.45, 7) is 3.40. The number of hydrogen-bond acceptors (Lipinski definition) is 3. The molecule has 0 saturated carbocycles. The van der Waals surface area contributed by atoms with E-state index in [4.69, 9.17) is 9.84 Å². The summed E-state index contributed by atoms with van der Waals surface area (Å²) in [6, 6.07) is 0. The van der Waals surface area contributed by atoms with E-state index in [9.17, 15) is 4.79 Å². The van der Waals surface area contributed by atoms with Crippen molar-refractivity contribution in [2.45, 2.75) is 32.6 Å². The predicted molar refractivity (Wildman–Crippen MR) is 54.0 cm³/mol. The lowest BCUT2D eigenvalue weighted by Gasteiger charge is -2.25. The van der Waals surface area contributed by atoms with Gasteiger partial charge in [0.05, 0.1) is 0 Å². The van der Waals surface area contributed by atoms with Crippen LogP contribution in [0.1, 0.15) is 32.6 Å². The van der Waals surface area contributed by atoms with E-state index in [0.29, 0.717) is 12.3 Å². The summed E-state index contributed by atoms with van der Waals surface area (Å²) >= 11 is 0. The number of ether oxygens (including phenoxy) is 1. The first-order valence-electron chi connectivity index (χ1n) is 5.43. The number of Topliss-reactive ketones (excluding diaryl/α,β-unsaturated/α-hetero) is 1. The summed E-state index contributed by atoms with van der Waals surface area (Å²) in [5.74, 6) is 0.887. The number of rotatable bonds is 5. The van der Waals surface area contributed by atoms with E-state index in [1.54, 1.807) is 6.92 Å². The van der Waals surface area contributed by atoms with Gasteiger partial charge in [0.1, 0.15) is 5.78 Å². The van der Waals surface area contributed by atoms with E-state index >= 15 is 0 Å². The zero-order valence-corrected chi connectivity index (χ0v) is 8.87. The Morgan fingerprint density at radius 3 is 2.64 bits per heavy atom. The molecule has 0 amide bonds. The van der Waals surface area contributed by atoms with Crippen LogP contribution in [0.3, 0.4) is 0 Å². The van der Waals surface area contributed by atoms with Crippen LogP contribution in [0.2, 0.25) is 0 Å². The Hall–Kier alpha value is -0.410. The number of hydrogen-bond donors (Lipinski definition) is 1. The summed E-state index contributed by atoms with van der Waals surface area (Å²) in [4.78, 5) is 11.3. The van der Waals surface area contributed by atoms with Gasteiger partial charge in [-0.3, -0.25) is 4.79 Å². The molecule has 1 aliphatic heterocycles.